The lowest BCUT2D eigenvalue weighted by atomic mass is 10.1. The molecular formula is C21H22N4O3. The molecule has 1 aromatic heterocycles. The summed E-state index contributed by atoms with van der Waals surface area (Å²) in [4.78, 5) is 26.0. The second kappa shape index (κ2) is 8.85. The van der Waals surface area contributed by atoms with Crippen molar-refractivity contribution in [2.45, 2.75) is 6.42 Å². The number of hydrogen-bond donors (Lipinski definition) is 2. The van der Waals surface area contributed by atoms with Crippen LogP contribution in [0.1, 0.15) is 5.69 Å². The molecule has 0 atom stereocenters. The number of benzene rings is 2. The highest BCUT2D eigenvalue weighted by atomic mass is 16.5. The maximum Gasteiger partial charge on any atom is 0.243 e. The topological polar surface area (TPSA) is 87.5 Å². The van der Waals surface area contributed by atoms with Crippen LogP contribution in [0.15, 0.2) is 65.2 Å². The van der Waals surface area contributed by atoms with Crippen LogP contribution in [0.5, 0.6) is 0 Å². The number of carbonyl (C=O) groups excluding carboxylic acids is 2. The monoisotopic (exact) mass is 378 g/mol. The van der Waals surface area contributed by atoms with E-state index in [1.165, 1.54) is 0 Å². The average Bonchev–Trinajstić information content (AvgIpc) is 3.16. The van der Waals surface area contributed by atoms with Crippen molar-refractivity contribution in [2.75, 3.05) is 30.9 Å². The van der Waals surface area contributed by atoms with Crippen LogP contribution in [0.3, 0.4) is 0 Å². The molecule has 2 amide bonds. The summed E-state index contributed by atoms with van der Waals surface area (Å²) in [5, 5.41) is 9.24. The SMILES string of the molecule is CN(C)c1ccc(NC(=O)CNC(=O)Cc2cc(-c3ccccc3)on2)cc1. The van der Waals surface area contributed by atoms with Gasteiger partial charge in [-0.05, 0) is 24.3 Å². The number of carbonyl (C=O) groups is 2. The van der Waals surface area contributed by atoms with E-state index in [1.54, 1.807) is 6.07 Å². The third-order valence-corrected chi connectivity index (χ3v) is 4.07. The summed E-state index contributed by atoms with van der Waals surface area (Å²) in [5.74, 6) is 0.00409. The molecule has 0 radical (unpaired) electrons. The molecule has 2 N–H and O–H groups in total. The van der Waals surface area contributed by atoms with Gasteiger partial charge in [0.2, 0.25) is 11.8 Å². The lowest BCUT2D eigenvalue weighted by molar-refractivity contribution is -0.123. The van der Waals surface area contributed by atoms with Crippen LogP contribution in [0.2, 0.25) is 0 Å². The van der Waals surface area contributed by atoms with Crippen molar-refractivity contribution in [2.24, 2.45) is 0 Å². The van der Waals surface area contributed by atoms with E-state index >= 15 is 0 Å². The molecule has 2 aromatic carbocycles. The highest BCUT2D eigenvalue weighted by molar-refractivity contribution is 5.94. The van der Waals surface area contributed by atoms with Crippen LogP contribution in [-0.4, -0.2) is 37.6 Å². The van der Waals surface area contributed by atoms with Crippen molar-refractivity contribution in [1.29, 1.82) is 0 Å². The Morgan fingerprint density at radius 1 is 1.00 bits per heavy atom. The number of anilines is 2. The van der Waals surface area contributed by atoms with Gasteiger partial charge in [0.1, 0.15) is 0 Å². The molecule has 0 aliphatic rings. The fraction of sp³-hybridized carbons (Fsp3) is 0.190. The first-order chi connectivity index (χ1) is 13.5. The van der Waals surface area contributed by atoms with Crippen LogP contribution in [0.4, 0.5) is 11.4 Å². The van der Waals surface area contributed by atoms with Crippen LogP contribution >= 0.6 is 0 Å². The van der Waals surface area contributed by atoms with Gasteiger partial charge >= 0.3 is 0 Å². The minimum Gasteiger partial charge on any atom is -0.378 e. The molecular weight excluding hydrogens is 356 g/mol. The van der Waals surface area contributed by atoms with Crippen molar-refractivity contribution < 1.29 is 14.1 Å². The van der Waals surface area contributed by atoms with Gasteiger partial charge in [-0.15, -0.1) is 0 Å². The second-order valence-corrected chi connectivity index (χ2v) is 6.49. The van der Waals surface area contributed by atoms with Gasteiger partial charge in [-0.1, -0.05) is 35.5 Å². The fourth-order valence-corrected chi connectivity index (χ4v) is 2.59. The molecule has 3 aromatic rings. The average molecular weight is 378 g/mol. The third-order valence-electron chi connectivity index (χ3n) is 4.07. The van der Waals surface area contributed by atoms with Crippen molar-refractivity contribution in [3.05, 3.63) is 66.4 Å². The Labute approximate surface area is 163 Å². The maximum absolute atomic E-state index is 12.1. The van der Waals surface area contributed by atoms with Gasteiger partial charge < -0.3 is 20.1 Å². The Hall–Kier alpha value is -3.61. The summed E-state index contributed by atoms with van der Waals surface area (Å²) in [7, 11) is 3.89. The maximum atomic E-state index is 12.1. The molecule has 0 saturated heterocycles. The first-order valence-electron chi connectivity index (χ1n) is 8.86. The van der Waals surface area contributed by atoms with E-state index in [4.69, 9.17) is 4.52 Å². The van der Waals surface area contributed by atoms with Gasteiger partial charge in [0.05, 0.1) is 18.7 Å². The Morgan fingerprint density at radius 2 is 1.71 bits per heavy atom. The Balaban J connectivity index is 1.46. The lowest BCUT2D eigenvalue weighted by Crippen LogP contribution is -2.33. The summed E-state index contributed by atoms with van der Waals surface area (Å²) < 4.78 is 5.27. The zero-order valence-corrected chi connectivity index (χ0v) is 15.8. The Bertz CT molecular complexity index is 934. The molecule has 3 rings (SSSR count). The van der Waals surface area contributed by atoms with E-state index in [-0.39, 0.29) is 24.8 Å². The molecule has 0 aliphatic carbocycles. The van der Waals surface area contributed by atoms with Gasteiger partial charge in [-0.25, -0.2) is 0 Å². The van der Waals surface area contributed by atoms with E-state index < -0.39 is 0 Å². The van der Waals surface area contributed by atoms with E-state index in [0.717, 1.165) is 11.3 Å². The number of nitrogens with one attached hydrogen (secondary N) is 2. The van der Waals surface area contributed by atoms with Gasteiger partial charge in [-0.2, -0.15) is 0 Å². The summed E-state index contributed by atoms with van der Waals surface area (Å²) in [6.45, 7) is -0.113. The van der Waals surface area contributed by atoms with Crippen LogP contribution in [0, 0.1) is 0 Å². The second-order valence-electron chi connectivity index (χ2n) is 6.49. The summed E-state index contributed by atoms with van der Waals surface area (Å²) in [5.41, 5.74) is 3.11. The van der Waals surface area contributed by atoms with E-state index in [1.807, 2.05) is 73.6 Å². The van der Waals surface area contributed by atoms with Crippen molar-refractivity contribution in [3.63, 3.8) is 0 Å². The van der Waals surface area contributed by atoms with Crippen molar-refractivity contribution in [1.82, 2.24) is 10.5 Å². The summed E-state index contributed by atoms with van der Waals surface area (Å²) >= 11 is 0. The minimum atomic E-state index is -0.300. The van der Waals surface area contributed by atoms with Crippen molar-refractivity contribution in [3.8, 4) is 11.3 Å². The molecule has 28 heavy (non-hydrogen) atoms. The number of rotatable bonds is 7. The molecule has 0 bridgehead atoms. The van der Waals surface area contributed by atoms with Gasteiger partial charge in [-0.3, -0.25) is 9.59 Å². The highest BCUT2D eigenvalue weighted by Gasteiger charge is 2.12. The summed E-state index contributed by atoms with van der Waals surface area (Å²) in [6, 6.07) is 18.7. The van der Waals surface area contributed by atoms with E-state index in [2.05, 4.69) is 15.8 Å². The predicted molar refractivity (Wildman–Crippen MR) is 108 cm³/mol. The summed E-state index contributed by atoms with van der Waals surface area (Å²) in [6.07, 6.45) is 0.0428. The van der Waals surface area contributed by atoms with Gasteiger partial charge in [0.15, 0.2) is 5.76 Å². The lowest BCUT2D eigenvalue weighted by Gasteiger charge is -2.13. The van der Waals surface area contributed by atoms with E-state index in [0.29, 0.717) is 17.1 Å². The third kappa shape index (κ3) is 5.20. The number of nitrogens with zero attached hydrogens (tertiary/aromatic N) is 2. The largest absolute Gasteiger partial charge is 0.378 e. The van der Waals surface area contributed by atoms with E-state index in [9.17, 15) is 9.59 Å². The van der Waals surface area contributed by atoms with Crippen LogP contribution in [-0.2, 0) is 16.0 Å². The Kier molecular flexibility index (Phi) is 6.06. The molecule has 1 heterocycles. The minimum absolute atomic E-state index is 0.0428. The molecule has 0 aliphatic heterocycles. The molecule has 0 saturated carbocycles. The first kappa shape index (κ1) is 19.2. The molecule has 144 valence electrons. The molecule has 0 fully saturated rings. The standard InChI is InChI=1S/C21H22N4O3/c1-25(2)18-10-8-16(9-11-18)23-21(27)14-22-20(26)13-17-12-19(28-24-17)15-6-4-3-5-7-15/h3-12H,13-14H2,1-2H3,(H,22,26)(H,23,27). The molecule has 0 spiro atoms. The molecule has 7 nitrogen and oxygen atoms in total. The van der Waals surface area contributed by atoms with Gasteiger partial charge in [0.25, 0.3) is 0 Å². The zero-order valence-electron chi connectivity index (χ0n) is 15.8. The highest BCUT2D eigenvalue weighted by Crippen LogP contribution is 2.20. The van der Waals surface area contributed by atoms with Crippen LogP contribution in [0.25, 0.3) is 11.3 Å². The molecule has 7 heteroatoms. The van der Waals surface area contributed by atoms with Crippen molar-refractivity contribution >= 4 is 23.2 Å². The molecule has 0 unspecified atom stereocenters. The van der Waals surface area contributed by atoms with Gasteiger partial charge in [0, 0.05) is 37.1 Å². The first-order valence-corrected chi connectivity index (χ1v) is 8.86. The quantitative estimate of drug-likeness (QED) is 0.660. The number of hydrogen-bond acceptors (Lipinski definition) is 5. The fourth-order valence-electron chi connectivity index (χ4n) is 2.59. The predicted octanol–water partition coefficient (Wildman–Crippen LogP) is 2.71. The smallest absolute Gasteiger partial charge is 0.243 e. The Morgan fingerprint density at radius 3 is 2.39 bits per heavy atom. The zero-order chi connectivity index (χ0) is 19.9. The number of amides is 2. The van der Waals surface area contributed by atoms with Crippen LogP contribution < -0.4 is 15.5 Å². The normalized spacial score (nSPS) is 10.4. The number of aromatic nitrogens is 1.